The number of carbonyl (C=O) groups excluding carboxylic acids is 1. The van der Waals surface area contributed by atoms with E-state index in [1.165, 1.54) is 12.8 Å². The number of amides is 1. The number of benzene rings is 1. The SMILES string of the molecule is CC1(C)CCCC1NC(=O)[C@H](N)c1ccccc1. The minimum absolute atomic E-state index is 0.0684. The molecule has 98 valence electrons. The summed E-state index contributed by atoms with van der Waals surface area (Å²) < 4.78 is 0. The third-order valence-corrected chi connectivity index (χ3v) is 4.01. The summed E-state index contributed by atoms with van der Waals surface area (Å²) in [7, 11) is 0. The molecule has 3 N–H and O–H groups in total. The van der Waals surface area contributed by atoms with Crippen molar-refractivity contribution < 1.29 is 4.79 Å². The molecule has 3 heteroatoms. The highest BCUT2D eigenvalue weighted by Crippen LogP contribution is 2.37. The molecule has 0 aromatic heterocycles. The molecule has 1 aromatic carbocycles. The molecule has 0 spiro atoms. The highest BCUT2D eigenvalue weighted by atomic mass is 16.2. The normalized spacial score (nSPS) is 23.6. The van der Waals surface area contributed by atoms with Crippen molar-refractivity contribution in [1.29, 1.82) is 0 Å². The Labute approximate surface area is 109 Å². The molecule has 2 atom stereocenters. The van der Waals surface area contributed by atoms with Gasteiger partial charge in [-0.2, -0.15) is 0 Å². The molecule has 1 amide bonds. The van der Waals surface area contributed by atoms with E-state index < -0.39 is 6.04 Å². The lowest BCUT2D eigenvalue weighted by atomic mass is 9.87. The molecule has 1 saturated carbocycles. The highest BCUT2D eigenvalue weighted by molar-refractivity contribution is 5.83. The lowest BCUT2D eigenvalue weighted by Crippen LogP contribution is -2.45. The van der Waals surface area contributed by atoms with Crippen LogP contribution >= 0.6 is 0 Å². The van der Waals surface area contributed by atoms with Gasteiger partial charge in [-0.25, -0.2) is 0 Å². The lowest BCUT2D eigenvalue weighted by Gasteiger charge is -2.29. The molecule has 2 rings (SSSR count). The van der Waals surface area contributed by atoms with Crippen molar-refractivity contribution in [1.82, 2.24) is 5.32 Å². The Hall–Kier alpha value is -1.35. The molecular weight excluding hydrogens is 224 g/mol. The van der Waals surface area contributed by atoms with Gasteiger partial charge in [0.1, 0.15) is 6.04 Å². The van der Waals surface area contributed by atoms with Crippen LogP contribution in [0.5, 0.6) is 0 Å². The summed E-state index contributed by atoms with van der Waals surface area (Å²) >= 11 is 0. The highest BCUT2D eigenvalue weighted by Gasteiger charge is 2.36. The predicted octanol–water partition coefficient (Wildman–Crippen LogP) is 2.38. The molecule has 1 aromatic rings. The Morgan fingerprint density at radius 2 is 2.06 bits per heavy atom. The zero-order valence-corrected chi connectivity index (χ0v) is 11.1. The molecule has 0 radical (unpaired) electrons. The summed E-state index contributed by atoms with van der Waals surface area (Å²) in [6.45, 7) is 4.41. The second kappa shape index (κ2) is 5.11. The first kappa shape index (κ1) is 13.1. The zero-order chi connectivity index (χ0) is 13.2. The first-order chi connectivity index (χ1) is 8.50. The summed E-state index contributed by atoms with van der Waals surface area (Å²) in [5.74, 6) is -0.0684. The van der Waals surface area contributed by atoms with Crippen molar-refractivity contribution in [2.24, 2.45) is 11.1 Å². The van der Waals surface area contributed by atoms with Gasteiger partial charge in [0.15, 0.2) is 0 Å². The molecule has 0 aliphatic heterocycles. The second-order valence-corrected chi connectivity index (χ2v) is 5.83. The van der Waals surface area contributed by atoms with E-state index >= 15 is 0 Å². The van der Waals surface area contributed by atoms with Gasteiger partial charge < -0.3 is 11.1 Å². The molecular formula is C15H22N2O. The smallest absolute Gasteiger partial charge is 0.241 e. The molecule has 18 heavy (non-hydrogen) atoms. The Morgan fingerprint density at radius 3 is 2.61 bits per heavy atom. The van der Waals surface area contributed by atoms with Gasteiger partial charge in [-0.05, 0) is 23.8 Å². The quantitative estimate of drug-likeness (QED) is 0.860. The van der Waals surface area contributed by atoms with Gasteiger partial charge >= 0.3 is 0 Å². The zero-order valence-electron chi connectivity index (χ0n) is 11.1. The van der Waals surface area contributed by atoms with Crippen molar-refractivity contribution in [2.75, 3.05) is 0 Å². The largest absolute Gasteiger partial charge is 0.351 e. The van der Waals surface area contributed by atoms with E-state index in [4.69, 9.17) is 5.73 Å². The lowest BCUT2D eigenvalue weighted by molar-refractivity contribution is -0.123. The molecule has 0 heterocycles. The Balaban J connectivity index is 2.00. The maximum atomic E-state index is 12.2. The van der Waals surface area contributed by atoms with Crippen LogP contribution in [0.1, 0.15) is 44.7 Å². The minimum Gasteiger partial charge on any atom is -0.351 e. The molecule has 0 saturated heterocycles. The number of hydrogen-bond donors (Lipinski definition) is 2. The van der Waals surface area contributed by atoms with Gasteiger partial charge in [0.2, 0.25) is 5.91 Å². The number of nitrogens with two attached hydrogens (primary N) is 1. The third kappa shape index (κ3) is 2.72. The fraction of sp³-hybridized carbons (Fsp3) is 0.533. The summed E-state index contributed by atoms with van der Waals surface area (Å²) in [5.41, 5.74) is 7.05. The van der Waals surface area contributed by atoms with Gasteiger partial charge in [-0.3, -0.25) is 4.79 Å². The summed E-state index contributed by atoms with van der Waals surface area (Å²) in [6.07, 6.45) is 3.40. The first-order valence-corrected chi connectivity index (χ1v) is 6.61. The second-order valence-electron chi connectivity index (χ2n) is 5.83. The molecule has 3 nitrogen and oxygen atoms in total. The maximum absolute atomic E-state index is 12.2. The minimum atomic E-state index is -0.567. The Bertz CT molecular complexity index is 414. The van der Waals surface area contributed by atoms with Gasteiger partial charge in [0.05, 0.1) is 0 Å². The number of rotatable bonds is 3. The van der Waals surface area contributed by atoms with Gasteiger partial charge in [0, 0.05) is 6.04 Å². The number of carbonyl (C=O) groups is 1. The fourth-order valence-corrected chi connectivity index (χ4v) is 2.67. The van der Waals surface area contributed by atoms with Crippen molar-refractivity contribution in [3.05, 3.63) is 35.9 Å². The Kier molecular flexibility index (Phi) is 3.71. The standard InChI is InChI=1S/C15H22N2O/c1-15(2)10-6-9-12(15)17-14(18)13(16)11-7-4-3-5-8-11/h3-5,7-8,12-13H,6,9-10,16H2,1-2H3,(H,17,18)/t12?,13-/m1/s1. The van der Waals surface area contributed by atoms with Crippen LogP contribution in [0.25, 0.3) is 0 Å². The van der Waals surface area contributed by atoms with Crippen LogP contribution in [-0.4, -0.2) is 11.9 Å². The van der Waals surface area contributed by atoms with Crippen molar-refractivity contribution >= 4 is 5.91 Å². The molecule has 1 aliphatic rings. The molecule has 1 unspecified atom stereocenters. The van der Waals surface area contributed by atoms with E-state index in [2.05, 4.69) is 19.2 Å². The van der Waals surface area contributed by atoms with Gasteiger partial charge in [0.25, 0.3) is 0 Å². The number of hydrogen-bond acceptors (Lipinski definition) is 2. The summed E-state index contributed by atoms with van der Waals surface area (Å²) in [4.78, 5) is 12.2. The van der Waals surface area contributed by atoms with Crippen LogP contribution < -0.4 is 11.1 Å². The molecule has 1 aliphatic carbocycles. The first-order valence-electron chi connectivity index (χ1n) is 6.61. The van der Waals surface area contributed by atoms with Crippen molar-refractivity contribution in [3.63, 3.8) is 0 Å². The topological polar surface area (TPSA) is 55.1 Å². The van der Waals surface area contributed by atoms with Crippen LogP contribution in [0.2, 0.25) is 0 Å². The van der Waals surface area contributed by atoms with Crippen LogP contribution in [0.15, 0.2) is 30.3 Å². The van der Waals surface area contributed by atoms with Crippen LogP contribution in [0, 0.1) is 5.41 Å². The summed E-state index contributed by atoms with van der Waals surface area (Å²) in [6, 6.07) is 9.20. The van der Waals surface area contributed by atoms with E-state index in [1.54, 1.807) is 0 Å². The summed E-state index contributed by atoms with van der Waals surface area (Å²) in [5, 5.41) is 3.10. The van der Waals surface area contributed by atoms with Crippen LogP contribution in [0.3, 0.4) is 0 Å². The van der Waals surface area contributed by atoms with E-state index in [-0.39, 0.29) is 17.4 Å². The average molecular weight is 246 g/mol. The van der Waals surface area contributed by atoms with E-state index in [0.717, 1.165) is 12.0 Å². The van der Waals surface area contributed by atoms with E-state index in [1.807, 2.05) is 30.3 Å². The van der Waals surface area contributed by atoms with Gasteiger partial charge in [-0.1, -0.05) is 50.6 Å². The molecule has 0 bridgehead atoms. The van der Waals surface area contributed by atoms with Crippen molar-refractivity contribution in [2.45, 2.75) is 45.2 Å². The molecule has 1 fully saturated rings. The maximum Gasteiger partial charge on any atom is 0.241 e. The van der Waals surface area contributed by atoms with E-state index in [9.17, 15) is 4.79 Å². The average Bonchev–Trinajstić information content (AvgIpc) is 2.69. The Morgan fingerprint density at radius 1 is 1.39 bits per heavy atom. The van der Waals surface area contributed by atoms with Crippen LogP contribution in [-0.2, 0) is 4.79 Å². The fourth-order valence-electron chi connectivity index (χ4n) is 2.67. The monoisotopic (exact) mass is 246 g/mol. The number of nitrogens with one attached hydrogen (secondary N) is 1. The van der Waals surface area contributed by atoms with E-state index in [0.29, 0.717) is 0 Å². The third-order valence-electron chi connectivity index (χ3n) is 4.01. The van der Waals surface area contributed by atoms with Crippen LogP contribution in [0.4, 0.5) is 0 Å². The predicted molar refractivity (Wildman–Crippen MR) is 72.9 cm³/mol. The van der Waals surface area contributed by atoms with Crippen molar-refractivity contribution in [3.8, 4) is 0 Å². The van der Waals surface area contributed by atoms with Gasteiger partial charge in [-0.15, -0.1) is 0 Å².